The number of benzene rings is 2. The van der Waals surface area contributed by atoms with Gasteiger partial charge in [-0.1, -0.05) is 36.8 Å². The number of carbonyl (C=O) groups excluding carboxylic acids is 2. The summed E-state index contributed by atoms with van der Waals surface area (Å²) in [7, 11) is 0. The Balaban J connectivity index is 1.77. The number of nitrogens with one attached hydrogen (secondary N) is 1. The van der Waals surface area contributed by atoms with Crippen LogP contribution in [-0.4, -0.2) is 18.4 Å². The third-order valence-electron chi connectivity index (χ3n) is 4.36. The molecule has 0 aliphatic carbocycles. The number of amides is 2. The number of aryl methyl sites for hydroxylation is 1. The average molecular weight is 322 g/mol. The molecule has 1 aliphatic rings. The molecular weight excluding hydrogens is 300 g/mol. The molecule has 0 fully saturated rings. The van der Waals surface area contributed by atoms with Crippen LogP contribution in [0, 0.1) is 6.92 Å². The van der Waals surface area contributed by atoms with Crippen molar-refractivity contribution in [2.24, 2.45) is 0 Å². The quantitative estimate of drug-likeness (QED) is 0.939. The molecule has 3 rings (SSSR count). The molecule has 2 aromatic rings. The minimum absolute atomic E-state index is 0.0458. The van der Waals surface area contributed by atoms with E-state index < -0.39 is 0 Å². The van der Waals surface area contributed by atoms with Gasteiger partial charge in [0.05, 0.1) is 0 Å². The number of fused-ring (bicyclic) bond motifs is 1. The maximum atomic E-state index is 12.8. The summed E-state index contributed by atoms with van der Waals surface area (Å²) >= 11 is 0. The SMILES string of the molecule is CCC(=O)NCc1ccc2c(c1)CCN2C(=O)c1cccc(C)c1. The summed E-state index contributed by atoms with van der Waals surface area (Å²) in [6, 6.07) is 13.8. The Morgan fingerprint density at radius 3 is 2.75 bits per heavy atom. The molecule has 24 heavy (non-hydrogen) atoms. The van der Waals surface area contributed by atoms with E-state index in [1.165, 1.54) is 5.56 Å². The van der Waals surface area contributed by atoms with E-state index in [1.807, 2.05) is 55.1 Å². The largest absolute Gasteiger partial charge is 0.352 e. The Labute approximate surface area is 142 Å². The lowest BCUT2D eigenvalue weighted by atomic mass is 10.1. The van der Waals surface area contributed by atoms with E-state index in [4.69, 9.17) is 0 Å². The highest BCUT2D eigenvalue weighted by Gasteiger charge is 2.25. The fraction of sp³-hybridized carbons (Fsp3) is 0.300. The lowest BCUT2D eigenvalue weighted by Crippen LogP contribution is -2.28. The molecule has 1 aliphatic heterocycles. The predicted molar refractivity (Wildman–Crippen MR) is 95.1 cm³/mol. The fourth-order valence-corrected chi connectivity index (χ4v) is 3.04. The molecule has 1 N–H and O–H groups in total. The molecule has 2 amide bonds. The minimum Gasteiger partial charge on any atom is -0.352 e. The van der Waals surface area contributed by atoms with Gasteiger partial charge in [0, 0.05) is 30.8 Å². The minimum atomic E-state index is 0.0458. The smallest absolute Gasteiger partial charge is 0.258 e. The van der Waals surface area contributed by atoms with Crippen LogP contribution in [0.25, 0.3) is 0 Å². The van der Waals surface area contributed by atoms with E-state index >= 15 is 0 Å². The molecule has 0 atom stereocenters. The fourth-order valence-electron chi connectivity index (χ4n) is 3.04. The molecule has 0 saturated heterocycles. The van der Waals surface area contributed by atoms with Crippen molar-refractivity contribution < 1.29 is 9.59 Å². The highest BCUT2D eigenvalue weighted by molar-refractivity contribution is 6.07. The molecule has 0 saturated carbocycles. The van der Waals surface area contributed by atoms with Crippen molar-refractivity contribution in [1.29, 1.82) is 0 Å². The molecule has 1 heterocycles. The van der Waals surface area contributed by atoms with E-state index in [0.717, 1.165) is 28.8 Å². The summed E-state index contributed by atoms with van der Waals surface area (Å²) in [5, 5.41) is 2.89. The van der Waals surface area contributed by atoms with Crippen molar-refractivity contribution in [3.05, 3.63) is 64.7 Å². The van der Waals surface area contributed by atoms with Gasteiger partial charge in [-0.2, -0.15) is 0 Å². The molecule has 0 aromatic heterocycles. The molecule has 4 heteroatoms. The van der Waals surface area contributed by atoms with Crippen LogP contribution in [-0.2, 0) is 17.8 Å². The monoisotopic (exact) mass is 322 g/mol. The van der Waals surface area contributed by atoms with Crippen molar-refractivity contribution in [2.75, 3.05) is 11.4 Å². The lowest BCUT2D eigenvalue weighted by molar-refractivity contribution is -0.120. The normalized spacial score (nSPS) is 12.8. The zero-order chi connectivity index (χ0) is 17.1. The van der Waals surface area contributed by atoms with Gasteiger partial charge in [0.15, 0.2) is 0 Å². The summed E-state index contributed by atoms with van der Waals surface area (Å²) < 4.78 is 0. The first kappa shape index (κ1) is 16.2. The van der Waals surface area contributed by atoms with Gasteiger partial charge in [-0.25, -0.2) is 0 Å². The maximum Gasteiger partial charge on any atom is 0.258 e. The van der Waals surface area contributed by atoms with Gasteiger partial charge >= 0.3 is 0 Å². The van der Waals surface area contributed by atoms with Crippen molar-refractivity contribution >= 4 is 17.5 Å². The van der Waals surface area contributed by atoms with E-state index in [2.05, 4.69) is 11.4 Å². The molecule has 0 bridgehead atoms. The lowest BCUT2D eigenvalue weighted by Gasteiger charge is -2.18. The summed E-state index contributed by atoms with van der Waals surface area (Å²) in [6.45, 7) is 5.07. The number of hydrogen-bond donors (Lipinski definition) is 1. The van der Waals surface area contributed by atoms with Gasteiger partial charge in [0.25, 0.3) is 5.91 Å². The van der Waals surface area contributed by atoms with E-state index in [1.54, 1.807) is 0 Å². The standard InChI is InChI=1S/C20H22N2O2/c1-3-19(23)21-13-15-7-8-18-16(12-15)9-10-22(18)20(24)17-6-4-5-14(2)11-17/h4-8,11-12H,3,9-10,13H2,1-2H3,(H,21,23). The highest BCUT2D eigenvalue weighted by atomic mass is 16.2. The van der Waals surface area contributed by atoms with Crippen LogP contribution in [0.1, 0.15) is 40.4 Å². The van der Waals surface area contributed by atoms with Gasteiger partial charge in [0.1, 0.15) is 0 Å². The van der Waals surface area contributed by atoms with Crippen molar-refractivity contribution in [1.82, 2.24) is 5.32 Å². The molecule has 124 valence electrons. The number of carbonyl (C=O) groups is 2. The van der Waals surface area contributed by atoms with E-state index in [0.29, 0.717) is 19.5 Å². The molecule has 0 spiro atoms. The Kier molecular flexibility index (Phi) is 4.65. The molecule has 0 radical (unpaired) electrons. The Bertz CT molecular complexity index is 783. The second-order valence-corrected chi connectivity index (χ2v) is 6.17. The van der Waals surface area contributed by atoms with Crippen LogP contribution < -0.4 is 10.2 Å². The first-order valence-electron chi connectivity index (χ1n) is 8.35. The molecule has 2 aromatic carbocycles. The average Bonchev–Trinajstić information content (AvgIpc) is 3.02. The van der Waals surface area contributed by atoms with Crippen LogP contribution >= 0.6 is 0 Å². The zero-order valence-electron chi connectivity index (χ0n) is 14.1. The first-order valence-corrected chi connectivity index (χ1v) is 8.35. The van der Waals surface area contributed by atoms with Gasteiger partial charge in [-0.15, -0.1) is 0 Å². The van der Waals surface area contributed by atoms with Crippen molar-refractivity contribution in [2.45, 2.75) is 33.2 Å². The summed E-state index contributed by atoms with van der Waals surface area (Å²) in [5.41, 5.74) is 5.02. The summed E-state index contributed by atoms with van der Waals surface area (Å²) in [4.78, 5) is 26.0. The van der Waals surface area contributed by atoms with Gasteiger partial charge in [-0.05, 0) is 42.7 Å². The second-order valence-electron chi connectivity index (χ2n) is 6.17. The highest BCUT2D eigenvalue weighted by Crippen LogP contribution is 2.30. The van der Waals surface area contributed by atoms with Crippen LogP contribution in [0.2, 0.25) is 0 Å². The zero-order valence-corrected chi connectivity index (χ0v) is 14.1. The maximum absolute atomic E-state index is 12.8. The van der Waals surface area contributed by atoms with E-state index in [-0.39, 0.29) is 11.8 Å². The van der Waals surface area contributed by atoms with Crippen LogP contribution in [0.3, 0.4) is 0 Å². The van der Waals surface area contributed by atoms with Gasteiger partial charge < -0.3 is 10.2 Å². The Hall–Kier alpha value is -2.62. The van der Waals surface area contributed by atoms with Gasteiger partial charge in [0.2, 0.25) is 5.91 Å². The third-order valence-corrected chi connectivity index (χ3v) is 4.36. The first-order chi connectivity index (χ1) is 11.6. The summed E-state index contributed by atoms with van der Waals surface area (Å²) in [6.07, 6.45) is 1.34. The molecule has 4 nitrogen and oxygen atoms in total. The van der Waals surface area contributed by atoms with Gasteiger partial charge in [-0.3, -0.25) is 9.59 Å². The van der Waals surface area contributed by atoms with E-state index in [9.17, 15) is 9.59 Å². The topological polar surface area (TPSA) is 49.4 Å². The van der Waals surface area contributed by atoms with Crippen molar-refractivity contribution in [3.63, 3.8) is 0 Å². The number of hydrogen-bond acceptors (Lipinski definition) is 2. The van der Waals surface area contributed by atoms with Crippen LogP contribution in [0.5, 0.6) is 0 Å². The number of anilines is 1. The summed E-state index contributed by atoms with van der Waals surface area (Å²) in [5.74, 6) is 0.0937. The Morgan fingerprint density at radius 2 is 2.00 bits per heavy atom. The van der Waals surface area contributed by atoms with Crippen LogP contribution in [0.15, 0.2) is 42.5 Å². The number of nitrogens with zero attached hydrogens (tertiary/aromatic N) is 1. The predicted octanol–water partition coefficient (Wildman–Crippen LogP) is 3.22. The van der Waals surface area contributed by atoms with Crippen LogP contribution in [0.4, 0.5) is 5.69 Å². The third kappa shape index (κ3) is 3.32. The Morgan fingerprint density at radius 1 is 1.17 bits per heavy atom. The number of rotatable bonds is 4. The molecule has 0 unspecified atom stereocenters. The second kappa shape index (κ2) is 6.87. The molecular formula is C20H22N2O2. The van der Waals surface area contributed by atoms with Crippen molar-refractivity contribution in [3.8, 4) is 0 Å².